The number of nitrogens with zero attached hydrogens (tertiary/aromatic N) is 2. The number of rotatable bonds is 3. The van der Waals surface area contributed by atoms with E-state index in [1.807, 2.05) is 25.1 Å². The highest BCUT2D eigenvalue weighted by molar-refractivity contribution is 7.94. The summed E-state index contributed by atoms with van der Waals surface area (Å²) in [6.45, 7) is 9.27. The number of hydrogen-bond acceptors (Lipinski definition) is 6. The molecule has 1 aliphatic rings. The number of piperazine rings is 1. The zero-order chi connectivity index (χ0) is 13.3. The summed E-state index contributed by atoms with van der Waals surface area (Å²) >= 11 is 1.25. The van der Waals surface area contributed by atoms with Gasteiger partial charge in [-0.1, -0.05) is 0 Å². The van der Waals surface area contributed by atoms with E-state index in [-0.39, 0.29) is 5.60 Å². The first-order chi connectivity index (χ1) is 7.92. The molecule has 1 amide bonds. The first-order valence-electron chi connectivity index (χ1n) is 5.35. The fourth-order valence-corrected chi connectivity index (χ4v) is 1.43. The molecule has 0 radical (unpaired) electrons. The summed E-state index contributed by atoms with van der Waals surface area (Å²) in [5, 5.41) is 5.33. The molecule has 7 heteroatoms. The molecule has 0 aromatic carbocycles. The van der Waals surface area contributed by atoms with Crippen molar-refractivity contribution in [3.8, 4) is 0 Å². The molecule has 1 saturated heterocycles. The van der Waals surface area contributed by atoms with E-state index in [0.717, 1.165) is 32.6 Å². The summed E-state index contributed by atoms with van der Waals surface area (Å²) in [5.41, 5.74) is -0.318. The molecule has 6 nitrogen and oxygen atoms in total. The molecule has 17 heavy (non-hydrogen) atoms. The van der Waals surface area contributed by atoms with Crippen LogP contribution in [0.5, 0.6) is 0 Å². The van der Waals surface area contributed by atoms with Gasteiger partial charge in [-0.2, -0.15) is 0 Å². The van der Waals surface area contributed by atoms with Crippen molar-refractivity contribution in [1.82, 2.24) is 9.21 Å². The molecule has 0 aliphatic carbocycles. The highest BCUT2D eigenvalue weighted by Crippen LogP contribution is 2.05. The number of carbonyl (C=O) groups excluding carboxylic acids is 2. The van der Waals surface area contributed by atoms with E-state index >= 15 is 0 Å². The van der Waals surface area contributed by atoms with Gasteiger partial charge in [0.2, 0.25) is 6.41 Å². The van der Waals surface area contributed by atoms with E-state index in [1.54, 1.807) is 4.90 Å². The highest BCUT2D eigenvalue weighted by atomic mass is 32.2. The summed E-state index contributed by atoms with van der Waals surface area (Å²) in [4.78, 5) is 21.6. The van der Waals surface area contributed by atoms with Crippen molar-refractivity contribution in [1.29, 1.82) is 0 Å². The second-order valence-corrected chi connectivity index (χ2v) is 5.23. The molecular weight excluding hydrogens is 242 g/mol. The standard InChI is InChI=1S/C5H11N3OS.C5H10O2/c6-10-8-3-1-7(5-9)2-4-8;1-5(2,3)7-4-6/h5H,1-4,6H2;4H,1-3H3. The van der Waals surface area contributed by atoms with Gasteiger partial charge in [0.05, 0.1) is 0 Å². The predicted octanol–water partition coefficient (Wildman–Crippen LogP) is 0.240. The van der Waals surface area contributed by atoms with E-state index in [2.05, 4.69) is 4.74 Å². The number of ether oxygens (including phenoxy) is 1. The quantitative estimate of drug-likeness (QED) is 0.580. The van der Waals surface area contributed by atoms with Crippen molar-refractivity contribution in [3.63, 3.8) is 0 Å². The van der Waals surface area contributed by atoms with Crippen LogP contribution in [0.2, 0.25) is 0 Å². The third-order valence-corrected chi connectivity index (χ3v) is 2.64. The van der Waals surface area contributed by atoms with Crippen molar-refractivity contribution in [2.24, 2.45) is 5.14 Å². The fourth-order valence-electron chi connectivity index (χ4n) is 1.06. The summed E-state index contributed by atoms with van der Waals surface area (Å²) in [7, 11) is 0. The van der Waals surface area contributed by atoms with Crippen molar-refractivity contribution >= 4 is 25.0 Å². The van der Waals surface area contributed by atoms with E-state index in [1.165, 1.54) is 12.1 Å². The molecule has 0 aromatic heterocycles. The maximum absolute atomic E-state index is 10.2. The van der Waals surface area contributed by atoms with Crippen LogP contribution in [-0.2, 0) is 14.3 Å². The Balaban J connectivity index is 0.000000325. The van der Waals surface area contributed by atoms with Crippen molar-refractivity contribution in [2.45, 2.75) is 26.4 Å². The molecule has 2 N–H and O–H groups in total. The predicted molar refractivity (Wildman–Crippen MR) is 67.9 cm³/mol. The third-order valence-electron chi connectivity index (χ3n) is 1.97. The van der Waals surface area contributed by atoms with Gasteiger partial charge in [-0.25, -0.2) is 4.31 Å². The normalized spacial score (nSPS) is 16.8. The number of amides is 1. The first kappa shape index (κ1) is 16.2. The van der Waals surface area contributed by atoms with Gasteiger partial charge in [0.15, 0.2) is 0 Å². The lowest BCUT2D eigenvalue weighted by Gasteiger charge is -2.29. The SMILES string of the molecule is CC(C)(C)OC=O.NSN1CCN(C=O)CC1. The van der Waals surface area contributed by atoms with E-state index in [4.69, 9.17) is 5.14 Å². The monoisotopic (exact) mass is 263 g/mol. The van der Waals surface area contributed by atoms with Crippen LogP contribution in [0.15, 0.2) is 0 Å². The lowest BCUT2D eigenvalue weighted by Crippen LogP contribution is -2.43. The Morgan fingerprint density at radius 1 is 1.18 bits per heavy atom. The Bertz CT molecular complexity index is 225. The average molecular weight is 263 g/mol. The van der Waals surface area contributed by atoms with Crippen LogP contribution < -0.4 is 5.14 Å². The van der Waals surface area contributed by atoms with E-state index in [9.17, 15) is 9.59 Å². The molecule has 1 fully saturated rings. The van der Waals surface area contributed by atoms with E-state index in [0.29, 0.717) is 6.47 Å². The Labute approximate surface area is 107 Å². The maximum atomic E-state index is 10.2. The maximum Gasteiger partial charge on any atom is 0.293 e. The van der Waals surface area contributed by atoms with Gasteiger partial charge in [-0.05, 0) is 20.8 Å². The van der Waals surface area contributed by atoms with Gasteiger partial charge in [0.25, 0.3) is 6.47 Å². The van der Waals surface area contributed by atoms with Crippen LogP contribution in [0.3, 0.4) is 0 Å². The van der Waals surface area contributed by atoms with Gasteiger partial charge in [0.1, 0.15) is 5.60 Å². The Morgan fingerprint density at radius 2 is 1.71 bits per heavy atom. The zero-order valence-corrected chi connectivity index (χ0v) is 11.4. The summed E-state index contributed by atoms with van der Waals surface area (Å²) in [6.07, 6.45) is 0.887. The third kappa shape index (κ3) is 8.96. The first-order valence-corrected chi connectivity index (χ1v) is 6.19. The zero-order valence-electron chi connectivity index (χ0n) is 10.6. The van der Waals surface area contributed by atoms with Crippen LogP contribution >= 0.6 is 12.1 Å². The van der Waals surface area contributed by atoms with Gasteiger partial charge in [0, 0.05) is 38.3 Å². The largest absolute Gasteiger partial charge is 0.462 e. The van der Waals surface area contributed by atoms with Crippen LogP contribution in [0.4, 0.5) is 0 Å². The van der Waals surface area contributed by atoms with Crippen molar-refractivity contribution in [2.75, 3.05) is 26.2 Å². The van der Waals surface area contributed by atoms with Gasteiger partial charge in [-0.3, -0.25) is 14.7 Å². The number of nitrogens with two attached hydrogens (primary N) is 1. The van der Waals surface area contributed by atoms with Gasteiger partial charge >= 0.3 is 0 Å². The van der Waals surface area contributed by atoms with Crippen LogP contribution in [0.25, 0.3) is 0 Å². The molecule has 0 unspecified atom stereocenters. The minimum atomic E-state index is -0.318. The van der Waals surface area contributed by atoms with Crippen LogP contribution in [-0.4, -0.2) is 53.9 Å². The Kier molecular flexibility index (Phi) is 7.94. The molecule has 1 aliphatic heterocycles. The van der Waals surface area contributed by atoms with E-state index < -0.39 is 0 Å². The average Bonchev–Trinajstić information content (AvgIpc) is 2.28. The molecule has 0 aromatic rings. The van der Waals surface area contributed by atoms with Crippen molar-refractivity contribution in [3.05, 3.63) is 0 Å². The Hall–Kier alpha value is -0.790. The second-order valence-electron chi connectivity index (χ2n) is 4.50. The molecule has 1 rings (SSSR count). The van der Waals surface area contributed by atoms with Crippen LogP contribution in [0.1, 0.15) is 20.8 Å². The van der Waals surface area contributed by atoms with Gasteiger partial charge < -0.3 is 9.64 Å². The highest BCUT2D eigenvalue weighted by Gasteiger charge is 2.13. The molecular formula is C10H21N3O3S. The topological polar surface area (TPSA) is 75.9 Å². The molecule has 0 spiro atoms. The summed E-state index contributed by atoms with van der Waals surface area (Å²) in [5.74, 6) is 0. The fraction of sp³-hybridized carbons (Fsp3) is 0.800. The summed E-state index contributed by atoms with van der Waals surface area (Å²) < 4.78 is 6.59. The smallest absolute Gasteiger partial charge is 0.293 e. The lowest BCUT2D eigenvalue weighted by molar-refractivity contribution is -0.138. The lowest BCUT2D eigenvalue weighted by atomic mass is 10.2. The summed E-state index contributed by atoms with van der Waals surface area (Å²) in [6, 6.07) is 0. The minimum absolute atomic E-state index is 0.318. The number of carbonyl (C=O) groups is 2. The molecule has 0 atom stereocenters. The second kappa shape index (κ2) is 8.32. The van der Waals surface area contributed by atoms with Gasteiger partial charge in [-0.15, -0.1) is 0 Å². The van der Waals surface area contributed by atoms with Crippen LogP contribution in [0, 0.1) is 0 Å². The molecule has 0 bridgehead atoms. The minimum Gasteiger partial charge on any atom is -0.462 e. The Morgan fingerprint density at radius 3 is 1.94 bits per heavy atom. The molecule has 0 saturated carbocycles. The van der Waals surface area contributed by atoms with Crippen molar-refractivity contribution < 1.29 is 14.3 Å². The molecule has 100 valence electrons. The number of hydrogen-bond donors (Lipinski definition) is 1. The molecule has 1 heterocycles.